The van der Waals surface area contributed by atoms with Gasteiger partial charge in [0, 0.05) is 29.9 Å². The van der Waals surface area contributed by atoms with Crippen molar-refractivity contribution in [1.29, 1.82) is 0 Å². The SMILES string of the molecule is Cc1cc(Br)ccc1F.Fc1ccc(Br)cc1CBr.Fc1ccc(Br)cc1Cn1cncn1.OB(O)c1ccc(O)cc1.Oc1ccc(-c2ccc(F)c(Cn3cncn3)c2)cc1. The van der Waals surface area contributed by atoms with Gasteiger partial charge in [-0.15, -0.1) is 0 Å². The van der Waals surface area contributed by atoms with Crippen LogP contribution >= 0.6 is 63.7 Å². The van der Waals surface area contributed by atoms with Crippen LogP contribution in [0, 0.1) is 30.2 Å². The predicted molar refractivity (Wildman–Crippen MR) is 249 cm³/mol. The van der Waals surface area contributed by atoms with Crippen LogP contribution < -0.4 is 5.46 Å². The fourth-order valence-corrected chi connectivity index (χ4v) is 6.79. The lowest BCUT2D eigenvalue weighted by atomic mass is 9.80. The van der Waals surface area contributed by atoms with Crippen LogP contribution in [0.4, 0.5) is 17.6 Å². The Kier molecular flexibility index (Phi) is 20.7. The molecule has 326 valence electrons. The van der Waals surface area contributed by atoms with Crippen molar-refractivity contribution in [2.45, 2.75) is 25.3 Å². The molecule has 0 saturated heterocycles. The first-order valence-corrected chi connectivity index (χ1v) is 21.8. The zero-order valence-corrected chi connectivity index (χ0v) is 39.4. The summed E-state index contributed by atoms with van der Waals surface area (Å²) in [7, 11) is -1.46. The average Bonchev–Trinajstić information content (AvgIpc) is 3.99. The van der Waals surface area contributed by atoms with Crippen LogP contribution in [-0.4, -0.2) is 56.9 Å². The summed E-state index contributed by atoms with van der Waals surface area (Å²) in [5.74, 6) is -0.506. The maximum absolute atomic E-state index is 13.8. The Hall–Kier alpha value is -5.18. The van der Waals surface area contributed by atoms with Gasteiger partial charge in [0.25, 0.3) is 0 Å². The number of aromatic hydroxyl groups is 2. The lowest BCUT2D eigenvalue weighted by Gasteiger charge is -2.07. The summed E-state index contributed by atoms with van der Waals surface area (Å²) in [6.45, 7) is 2.46. The third-order valence-corrected chi connectivity index (χ3v) is 10.4. The first kappa shape index (κ1) is 50.5. The molecule has 8 aromatic rings. The monoisotopic (exact) mass is 1120 g/mol. The quantitative estimate of drug-likeness (QED) is 0.0702. The maximum atomic E-state index is 13.8. The van der Waals surface area contributed by atoms with Gasteiger partial charge in [-0.3, -0.25) is 0 Å². The third-order valence-electron chi connectivity index (χ3n) is 8.31. The average molecular weight is 1120 g/mol. The van der Waals surface area contributed by atoms with E-state index in [9.17, 15) is 22.7 Å². The van der Waals surface area contributed by atoms with Gasteiger partial charge in [0.15, 0.2) is 0 Å². The minimum atomic E-state index is -1.46. The lowest BCUT2D eigenvalue weighted by molar-refractivity contribution is 0.425. The largest absolute Gasteiger partial charge is 0.508 e. The number of alkyl halides is 1. The van der Waals surface area contributed by atoms with Crippen LogP contribution in [0.5, 0.6) is 11.5 Å². The molecule has 2 heterocycles. The summed E-state index contributed by atoms with van der Waals surface area (Å²) in [6, 6.07) is 32.0. The van der Waals surface area contributed by atoms with Gasteiger partial charge in [-0.2, -0.15) is 10.2 Å². The van der Waals surface area contributed by atoms with E-state index >= 15 is 0 Å². The van der Waals surface area contributed by atoms with Gasteiger partial charge in [-0.05, 0) is 126 Å². The Labute approximate surface area is 394 Å². The lowest BCUT2D eigenvalue weighted by Crippen LogP contribution is -2.29. The highest BCUT2D eigenvalue weighted by atomic mass is 79.9. The van der Waals surface area contributed by atoms with Crippen molar-refractivity contribution in [3.05, 3.63) is 206 Å². The molecule has 0 saturated carbocycles. The molecular weight excluding hydrogens is 1080 g/mol. The molecule has 0 aliphatic heterocycles. The third kappa shape index (κ3) is 17.5. The molecule has 0 amide bonds. The Morgan fingerprint density at radius 2 is 0.937 bits per heavy atom. The van der Waals surface area contributed by atoms with Crippen LogP contribution in [-0.2, 0) is 18.4 Å². The van der Waals surface area contributed by atoms with Crippen molar-refractivity contribution >= 4 is 76.3 Å². The van der Waals surface area contributed by atoms with Crippen molar-refractivity contribution in [3.8, 4) is 22.6 Å². The number of benzene rings is 6. The van der Waals surface area contributed by atoms with Crippen molar-refractivity contribution < 1.29 is 37.8 Å². The van der Waals surface area contributed by atoms with Gasteiger partial charge in [0.05, 0.1) is 13.1 Å². The van der Waals surface area contributed by atoms with Gasteiger partial charge in [0.1, 0.15) is 60.1 Å². The Balaban J connectivity index is 0.000000180. The molecule has 0 aliphatic carbocycles. The molecule has 0 unspecified atom stereocenters. The molecule has 0 spiro atoms. The summed E-state index contributed by atoms with van der Waals surface area (Å²) in [5.41, 5.74) is 4.66. The maximum Gasteiger partial charge on any atom is 0.488 e. The molecule has 6 aromatic carbocycles. The van der Waals surface area contributed by atoms with Crippen molar-refractivity contribution in [1.82, 2.24) is 29.5 Å². The molecule has 4 N–H and O–H groups in total. The second-order valence-corrected chi connectivity index (χ2v) is 16.3. The number of hydrogen-bond donors (Lipinski definition) is 4. The number of aromatic nitrogens is 6. The molecule has 0 fully saturated rings. The molecule has 2 aromatic heterocycles. The van der Waals surface area contributed by atoms with Crippen LogP contribution in [0.2, 0.25) is 0 Å². The fourth-order valence-electron chi connectivity index (χ4n) is 5.07. The van der Waals surface area contributed by atoms with Gasteiger partial charge in [0.2, 0.25) is 0 Å². The minimum Gasteiger partial charge on any atom is -0.508 e. The Bertz CT molecular complexity index is 2620. The van der Waals surface area contributed by atoms with Gasteiger partial charge < -0.3 is 20.3 Å². The first-order valence-electron chi connectivity index (χ1n) is 18.3. The van der Waals surface area contributed by atoms with E-state index in [4.69, 9.17) is 15.2 Å². The van der Waals surface area contributed by atoms with Crippen molar-refractivity contribution in [2.24, 2.45) is 0 Å². The zero-order valence-electron chi connectivity index (χ0n) is 33.1. The van der Waals surface area contributed by atoms with E-state index in [1.807, 2.05) is 0 Å². The van der Waals surface area contributed by atoms with E-state index < -0.39 is 7.12 Å². The van der Waals surface area contributed by atoms with Crippen LogP contribution in [0.3, 0.4) is 0 Å². The predicted octanol–water partition coefficient (Wildman–Crippen LogP) is 10.5. The second kappa shape index (κ2) is 25.8. The Morgan fingerprint density at radius 3 is 1.37 bits per heavy atom. The van der Waals surface area contributed by atoms with Crippen molar-refractivity contribution in [2.75, 3.05) is 0 Å². The molecule has 10 nitrogen and oxygen atoms in total. The summed E-state index contributed by atoms with van der Waals surface area (Å²) in [4.78, 5) is 7.63. The van der Waals surface area contributed by atoms with E-state index in [1.54, 1.807) is 102 Å². The fraction of sp³-hybridized carbons (Fsp3) is 0.0909. The van der Waals surface area contributed by atoms with E-state index in [2.05, 4.69) is 83.9 Å². The van der Waals surface area contributed by atoms with Crippen LogP contribution in [0.25, 0.3) is 11.1 Å². The molecule has 19 heteroatoms. The second-order valence-electron chi connectivity index (χ2n) is 13.0. The van der Waals surface area contributed by atoms with E-state index in [0.717, 1.165) is 24.5 Å². The van der Waals surface area contributed by atoms with Crippen molar-refractivity contribution in [3.63, 3.8) is 0 Å². The first-order chi connectivity index (χ1) is 30.1. The molecule has 0 bridgehead atoms. The number of nitrogens with zero attached hydrogens (tertiary/aromatic N) is 6. The van der Waals surface area contributed by atoms with Crippen LogP contribution in [0.1, 0.15) is 22.3 Å². The highest BCUT2D eigenvalue weighted by Crippen LogP contribution is 2.25. The molecular formula is C44H37BBr4F4N6O4. The van der Waals surface area contributed by atoms with E-state index in [1.165, 1.54) is 61.2 Å². The highest BCUT2D eigenvalue weighted by Gasteiger charge is 2.09. The minimum absolute atomic E-state index is 0.115. The zero-order chi connectivity index (χ0) is 45.9. The molecule has 63 heavy (non-hydrogen) atoms. The number of phenols is 2. The topological polar surface area (TPSA) is 142 Å². The number of rotatable bonds is 7. The molecule has 8 rings (SSSR count). The van der Waals surface area contributed by atoms with Gasteiger partial charge >= 0.3 is 7.12 Å². The van der Waals surface area contributed by atoms with Gasteiger partial charge in [-0.25, -0.2) is 36.9 Å². The smallest absolute Gasteiger partial charge is 0.488 e. The number of hydrogen-bond acceptors (Lipinski definition) is 8. The Morgan fingerprint density at radius 1 is 0.524 bits per heavy atom. The number of aryl methyl sites for hydroxylation is 1. The highest BCUT2D eigenvalue weighted by molar-refractivity contribution is 9.11. The standard InChI is InChI=1S/C15H12FN3O.C9H7BrFN3.C7H5Br2F.C7H6BrF.C6H7BO3/c16-15-6-3-12(11-1-4-14(20)5-2-11)7-13(15)8-19-10-17-9-18-19;10-8-1-2-9(11)7(3-8)4-14-6-12-5-13-14;8-4-5-3-6(9)1-2-7(5)10;1-5-4-6(8)2-3-7(5)9;8-6-3-1-5(2-4-6)7(9)10/h1-7,9-10,20H,8H2;1-3,5-6H,4H2;1-3H,4H2;2-4H,1H3;1-4,8-10H. The summed E-state index contributed by atoms with van der Waals surface area (Å²) in [6.07, 6.45) is 5.95. The normalized spacial score (nSPS) is 10.1. The molecule has 0 aliphatic rings. The summed E-state index contributed by atoms with van der Waals surface area (Å²) >= 11 is 12.9. The molecule has 0 radical (unpaired) electrons. The van der Waals surface area contributed by atoms with Crippen LogP contribution in [0.15, 0.2) is 160 Å². The van der Waals surface area contributed by atoms with E-state index in [0.29, 0.717) is 46.1 Å². The van der Waals surface area contributed by atoms with Gasteiger partial charge in [-0.1, -0.05) is 94.1 Å². The molecule has 0 atom stereocenters. The van der Waals surface area contributed by atoms with E-state index in [-0.39, 0.29) is 34.8 Å². The number of phenolic OH excluding ortho intramolecular Hbond substituents is 2. The summed E-state index contributed by atoms with van der Waals surface area (Å²) in [5, 5.41) is 43.7. The number of halogens is 8. The summed E-state index contributed by atoms with van der Waals surface area (Å²) < 4.78 is 58.1.